The summed E-state index contributed by atoms with van der Waals surface area (Å²) in [5.41, 5.74) is 3.18. The first kappa shape index (κ1) is 12.9. The van der Waals surface area contributed by atoms with Gasteiger partial charge in [0, 0.05) is 13.7 Å². The lowest BCUT2D eigenvalue weighted by molar-refractivity contribution is 0.0754. The molecule has 1 aliphatic rings. The van der Waals surface area contributed by atoms with Crippen LogP contribution in [0.15, 0.2) is 0 Å². The van der Waals surface area contributed by atoms with Gasteiger partial charge in [-0.2, -0.15) is 5.10 Å². The number of nitrogens with zero attached hydrogens (tertiary/aromatic N) is 3. The molecule has 6 heteroatoms. The van der Waals surface area contributed by atoms with Gasteiger partial charge in [0.15, 0.2) is 10.4 Å². The lowest BCUT2D eigenvalue weighted by Gasteiger charge is -2.20. The Morgan fingerprint density at radius 2 is 2.26 bits per heavy atom. The molecule has 1 saturated carbocycles. The van der Waals surface area contributed by atoms with E-state index in [1.165, 1.54) is 6.42 Å². The maximum atomic E-state index is 5.62. The molecule has 1 fully saturated rings. The Kier molecular flexibility index (Phi) is 3.22. The second-order valence-electron chi connectivity index (χ2n) is 5.17. The molecular formula is C13H20N4OS. The van der Waals surface area contributed by atoms with Crippen LogP contribution in [0, 0.1) is 11.7 Å². The van der Waals surface area contributed by atoms with E-state index in [0.29, 0.717) is 6.04 Å². The third kappa shape index (κ3) is 1.85. The lowest BCUT2D eigenvalue weighted by atomic mass is 10.2. The van der Waals surface area contributed by atoms with Crippen LogP contribution >= 0.6 is 12.2 Å². The van der Waals surface area contributed by atoms with E-state index in [-0.39, 0.29) is 6.10 Å². The molecule has 0 radical (unpaired) electrons. The molecule has 2 aromatic rings. The number of nitrogens with one attached hydrogen (secondary N) is 1. The van der Waals surface area contributed by atoms with E-state index in [4.69, 9.17) is 17.0 Å². The van der Waals surface area contributed by atoms with Crippen LogP contribution in [0.3, 0.4) is 0 Å². The highest BCUT2D eigenvalue weighted by Crippen LogP contribution is 2.35. The number of aromatic nitrogens is 4. The quantitative estimate of drug-likeness (QED) is 0.879. The largest absolute Gasteiger partial charge is 0.379 e. The molecule has 1 aliphatic carbocycles. The molecule has 0 amide bonds. The van der Waals surface area contributed by atoms with Gasteiger partial charge in [0.2, 0.25) is 0 Å². The molecule has 2 atom stereocenters. The number of ether oxygens (including phenoxy) is 1. The summed E-state index contributed by atoms with van der Waals surface area (Å²) >= 11 is 5.52. The fourth-order valence-corrected chi connectivity index (χ4v) is 3.55. The highest BCUT2D eigenvalue weighted by Gasteiger charge is 2.31. The van der Waals surface area contributed by atoms with Crippen molar-refractivity contribution in [3.63, 3.8) is 0 Å². The van der Waals surface area contributed by atoms with E-state index in [1.807, 2.05) is 11.6 Å². The minimum absolute atomic E-state index is 0.256. The number of aromatic amines is 1. The molecular weight excluding hydrogens is 260 g/mol. The Hall–Kier alpha value is -1.14. The minimum Gasteiger partial charge on any atom is -0.379 e. The van der Waals surface area contributed by atoms with Crippen molar-refractivity contribution in [3.8, 4) is 0 Å². The molecule has 0 saturated heterocycles. The topological polar surface area (TPSA) is 47.8 Å². The van der Waals surface area contributed by atoms with Crippen molar-refractivity contribution in [2.45, 2.75) is 51.8 Å². The van der Waals surface area contributed by atoms with Crippen LogP contribution in [-0.2, 0) is 11.3 Å². The van der Waals surface area contributed by atoms with Gasteiger partial charge in [-0.1, -0.05) is 0 Å². The Labute approximate surface area is 117 Å². The molecule has 0 bridgehead atoms. The zero-order chi connectivity index (χ0) is 13.6. The van der Waals surface area contributed by atoms with E-state index in [9.17, 15) is 0 Å². The average Bonchev–Trinajstić information content (AvgIpc) is 3.05. The first-order valence-electron chi connectivity index (χ1n) is 6.87. The third-order valence-electron chi connectivity index (χ3n) is 4.13. The molecule has 2 aromatic heterocycles. The predicted octanol–water partition coefficient (Wildman–Crippen LogP) is 2.96. The number of hydrogen-bond donors (Lipinski definition) is 1. The summed E-state index contributed by atoms with van der Waals surface area (Å²) in [6.45, 7) is 4.97. The SMILES string of the molecule is CCn1nc(C)c2[nH]c(=S)n(C3CCCC3OC)c21. The van der Waals surface area contributed by atoms with Gasteiger partial charge < -0.3 is 9.72 Å². The van der Waals surface area contributed by atoms with Crippen LogP contribution in [0.2, 0.25) is 0 Å². The normalized spacial score (nSPS) is 23.5. The number of imidazole rings is 1. The van der Waals surface area contributed by atoms with Crippen molar-refractivity contribution in [1.82, 2.24) is 19.3 Å². The van der Waals surface area contributed by atoms with Gasteiger partial charge >= 0.3 is 0 Å². The first-order valence-corrected chi connectivity index (χ1v) is 7.28. The number of methoxy groups -OCH3 is 1. The molecule has 0 aliphatic heterocycles. The zero-order valence-corrected chi connectivity index (χ0v) is 12.5. The predicted molar refractivity (Wildman–Crippen MR) is 77.0 cm³/mol. The van der Waals surface area contributed by atoms with Crippen molar-refractivity contribution in [2.75, 3.05) is 7.11 Å². The number of H-pyrrole nitrogens is 1. The summed E-state index contributed by atoms with van der Waals surface area (Å²) < 4.78 is 10.7. The second-order valence-corrected chi connectivity index (χ2v) is 5.56. The molecule has 3 rings (SSSR count). The average molecular weight is 280 g/mol. The lowest BCUT2D eigenvalue weighted by Crippen LogP contribution is -2.21. The van der Waals surface area contributed by atoms with E-state index in [0.717, 1.165) is 41.0 Å². The van der Waals surface area contributed by atoms with Crippen LogP contribution in [0.25, 0.3) is 11.2 Å². The molecule has 2 heterocycles. The molecule has 0 aromatic carbocycles. The summed E-state index contributed by atoms with van der Waals surface area (Å²) in [5.74, 6) is 0. The molecule has 1 N–H and O–H groups in total. The summed E-state index contributed by atoms with van der Waals surface area (Å²) in [6.07, 6.45) is 3.67. The Morgan fingerprint density at radius 1 is 1.47 bits per heavy atom. The fourth-order valence-electron chi connectivity index (χ4n) is 3.23. The smallest absolute Gasteiger partial charge is 0.179 e. The molecule has 0 spiro atoms. The number of hydrogen-bond acceptors (Lipinski definition) is 3. The summed E-state index contributed by atoms with van der Waals surface area (Å²) in [5, 5.41) is 4.57. The summed E-state index contributed by atoms with van der Waals surface area (Å²) in [6, 6.07) is 0.327. The standard InChI is InChI=1S/C13H20N4OS/c1-4-16-12-11(8(2)15-16)14-13(19)17(12)9-6-5-7-10(9)18-3/h9-10H,4-7H2,1-3H3,(H,14,19). The van der Waals surface area contributed by atoms with E-state index >= 15 is 0 Å². The van der Waals surface area contributed by atoms with Gasteiger partial charge in [-0.3, -0.25) is 4.57 Å². The van der Waals surface area contributed by atoms with Crippen molar-refractivity contribution < 1.29 is 4.74 Å². The zero-order valence-electron chi connectivity index (χ0n) is 11.6. The second kappa shape index (κ2) is 4.76. The minimum atomic E-state index is 0.256. The Morgan fingerprint density at radius 3 is 2.95 bits per heavy atom. The van der Waals surface area contributed by atoms with Crippen LogP contribution in [-0.4, -0.2) is 32.5 Å². The van der Waals surface area contributed by atoms with E-state index < -0.39 is 0 Å². The summed E-state index contributed by atoms with van der Waals surface area (Å²) in [7, 11) is 1.79. The number of fused-ring (bicyclic) bond motifs is 1. The van der Waals surface area contributed by atoms with E-state index in [2.05, 4.69) is 21.6 Å². The van der Waals surface area contributed by atoms with Gasteiger partial charge in [-0.25, -0.2) is 4.68 Å². The Balaban J connectivity index is 2.22. The van der Waals surface area contributed by atoms with Crippen LogP contribution in [0.5, 0.6) is 0 Å². The van der Waals surface area contributed by atoms with Gasteiger partial charge in [0.25, 0.3) is 0 Å². The fraction of sp³-hybridized carbons (Fsp3) is 0.692. The van der Waals surface area contributed by atoms with Gasteiger partial charge in [-0.15, -0.1) is 0 Å². The number of aryl methyl sites for hydroxylation is 2. The monoisotopic (exact) mass is 280 g/mol. The molecule has 104 valence electrons. The van der Waals surface area contributed by atoms with Crippen molar-refractivity contribution in [3.05, 3.63) is 10.5 Å². The van der Waals surface area contributed by atoms with E-state index in [1.54, 1.807) is 7.11 Å². The van der Waals surface area contributed by atoms with Gasteiger partial charge in [0.1, 0.15) is 5.52 Å². The van der Waals surface area contributed by atoms with Gasteiger partial charge in [-0.05, 0) is 45.3 Å². The van der Waals surface area contributed by atoms with Crippen molar-refractivity contribution >= 4 is 23.4 Å². The number of rotatable bonds is 3. The first-order chi connectivity index (χ1) is 9.17. The highest BCUT2D eigenvalue weighted by molar-refractivity contribution is 7.71. The van der Waals surface area contributed by atoms with Crippen molar-refractivity contribution in [2.24, 2.45) is 0 Å². The van der Waals surface area contributed by atoms with Crippen molar-refractivity contribution in [1.29, 1.82) is 0 Å². The maximum Gasteiger partial charge on any atom is 0.179 e. The van der Waals surface area contributed by atoms with Crippen LogP contribution in [0.4, 0.5) is 0 Å². The van der Waals surface area contributed by atoms with Crippen LogP contribution in [0.1, 0.15) is 37.9 Å². The van der Waals surface area contributed by atoms with Crippen LogP contribution < -0.4 is 0 Å². The molecule has 2 unspecified atom stereocenters. The summed E-state index contributed by atoms with van der Waals surface area (Å²) in [4.78, 5) is 3.31. The maximum absolute atomic E-state index is 5.62. The Bertz CT molecular complexity index is 653. The molecule has 19 heavy (non-hydrogen) atoms. The third-order valence-corrected chi connectivity index (χ3v) is 4.43. The van der Waals surface area contributed by atoms with Gasteiger partial charge in [0.05, 0.1) is 17.8 Å². The highest BCUT2D eigenvalue weighted by atomic mass is 32.1. The molecule has 5 nitrogen and oxygen atoms in total.